The molecule has 1 unspecified atom stereocenters. The van der Waals surface area contributed by atoms with Crippen molar-refractivity contribution in [1.29, 1.82) is 0 Å². The van der Waals surface area contributed by atoms with E-state index >= 15 is 0 Å². The van der Waals surface area contributed by atoms with Crippen LogP contribution in [0.1, 0.15) is 32.3 Å². The van der Waals surface area contributed by atoms with Gasteiger partial charge in [0.05, 0.1) is 4.92 Å². The summed E-state index contributed by atoms with van der Waals surface area (Å²) in [6, 6.07) is 46.9. The smallest absolute Gasteiger partial charge is 0.272 e. The number of hydrogen-bond acceptors (Lipinski definition) is 6. The minimum Gasteiger partial charge on any atom is -0.325 e. The van der Waals surface area contributed by atoms with Crippen molar-refractivity contribution in [3.05, 3.63) is 196 Å². The molecule has 3 N–H and O–H groups in total. The van der Waals surface area contributed by atoms with Crippen LogP contribution >= 0.6 is 11.8 Å². The molecule has 3 amide bonds. The Morgan fingerprint density at radius 2 is 1.34 bits per heavy atom. The fourth-order valence-corrected chi connectivity index (χ4v) is 6.58. The van der Waals surface area contributed by atoms with Crippen molar-refractivity contribution in [2.45, 2.75) is 17.1 Å². The van der Waals surface area contributed by atoms with Gasteiger partial charge in [-0.25, -0.2) is 0 Å². The second kappa shape index (κ2) is 17.0. The van der Waals surface area contributed by atoms with E-state index in [9.17, 15) is 24.5 Å². The molecule has 262 valence electrons. The summed E-state index contributed by atoms with van der Waals surface area (Å²) in [5, 5.41) is 19.1. The average Bonchev–Trinajstić information content (AvgIpc) is 3.18. The molecular weight excluding hydrogens is 685 g/mol. The Kier molecular flexibility index (Phi) is 11.5. The number of nitrogens with zero attached hydrogens (tertiary/aromatic N) is 1. The summed E-state index contributed by atoms with van der Waals surface area (Å²) in [7, 11) is 0. The minimum absolute atomic E-state index is 0.0457. The number of carbonyl (C=O) groups excluding carboxylic acids is 3. The minimum atomic E-state index is -0.698. The highest BCUT2D eigenvalue weighted by atomic mass is 32.2. The summed E-state index contributed by atoms with van der Waals surface area (Å²) in [5.74, 6) is -1.29. The maximum absolute atomic E-state index is 13.8. The molecule has 0 heterocycles. The molecule has 1 atom stereocenters. The monoisotopic (exact) mass is 718 g/mol. The molecule has 53 heavy (non-hydrogen) atoms. The normalized spacial score (nSPS) is 11.6. The van der Waals surface area contributed by atoms with Crippen LogP contribution < -0.4 is 16.0 Å². The number of nitro groups is 1. The van der Waals surface area contributed by atoms with Crippen LogP contribution in [-0.2, 0) is 9.59 Å². The number of carbonyl (C=O) groups is 3. The summed E-state index contributed by atoms with van der Waals surface area (Å²) in [6.07, 6.45) is 1.62. The highest BCUT2D eigenvalue weighted by molar-refractivity contribution is 8.00. The van der Waals surface area contributed by atoms with Crippen molar-refractivity contribution in [3.8, 4) is 11.1 Å². The average molecular weight is 719 g/mol. The van der Waals surface area contributed by atoms with E-state index in [4.69, 9.17) is 0 Å². The highest BCUT2D eigenvalue weighted by Gasteiger charge is 2.24. The van der Waals surface area contributed by atoms with E-state index in [-0.39, 0.29) is 17.3 Å². The number of hydrogen-bond donors (Lipinski definition) is 3. The first-order valence-electron chi connectivity index (χ1n) is 16.7. The van der Waals surface area contributed by atoms with E-state index in [0.717, 1.165) is 16.7 Å². The summed E-state index contributed by atoms with van der Waals surface area (Å²) in [5.41, 5.74) is 5.40. The van der Waals surface area contributed by atoms with Crippen LogP contribution in [0.5, 0.6) is 0 Å². The van der Waals surface area contributed by atoms with Crippen LogP contribution in [0.2, 0.25) is 0 Å². The molecule has 0 aliphatic carbocycles. The maximum Gasteiger partial charge on any atom is 0.272 e. The van der Waals surface area contributed by atoms with Crippen molar-refractivity contribution in [3.63, 3.8) is 0 Å². The molecular formula is C43H34N4O5S. The third-order valence-electron chi connectivity index (χ3n) is 8.22. The third kappa shape index (κ3) is 9.52. The van der Waals surface area contributed by atoms with Crippen molar-refractivity contribution in [1.82, 2.24) is 5.32 Å². The molecule has 0 saturated heterocycles. The third-order valence-corrected chi connectivity index (χ3v) is 9.47. The van der Waals surface area contributed by atoms with Gasteiger partial charge in [-0.3, -0.25) is 24.5 Å². The molecule has 10 heteroatoms. The van der Waals surface area contributed by atoms with Gasteiger partial charge in [0.25, 0.3) is 17.5 Å². The molecule has 9 nitrogen and oxygen atoms in total. The summed E-state index contributed by atoms with van der Waals surface area (Å²) < 4.78 is 0. The van der Waals surface area contributed by atoms with E-state index in [1.807, 2.05) is 97.1 Å². The standard InChI is InChI=1S/C43H34N4O5S/c1-29-26-36(47(51)52)24-25-38(29)45-43(50)40(33-14-7-3-8-15-33)53-37-19-11-18-35(28-37)44-42(49)39(46-41(48)34-16-9-4-10-17-34)27-30-20-22-32(23-21-30)31-12-5-2-6-13-31/h2-28,40H,1H3,(H,44,49)(H,45,50)(H,46,48)/b39-27+. The first-order valence-corrected chi connectivity index (χ1v) is 17.5. The topological polar surface area (TPSA) is 130 Å². The predicted octanol–water partition coefficient (Wildman–Crippen LogP) is 9.45. The number of aryl methyl sites for hydroxylation is 1. The fraction of sp³-hybridized carbons (Fsp3) is 0.0465. The van der Waals surface area contributed by atoms with E-state index in [2.05, 4.69) is 16.0 Å². The molecule has 6 rings (SSSR count). The van der Waals surface area contributed by atoms with Gasteiger partial charge >= 0.3 is 0 Å². The number of nitrogens with one attached hydrogen (secondary N) is 3. The molecule has 0 aromatic heterocycles. The number of amides is 3. The van der Waals surface area contributed by atoms with E-state index in [0.29, 0.717) is 33.0 Å². The Bertz CT molecular complexity index is 2280. The molecule has 0 radical (unpaired) electrons. The Morgan fingerprint density at radius 1 is 0.698 bits per heavy atom. The molecule has 6 aromatic carbocycles. The second-order valence-corrected chi connectivity index (χ2v) is 13.2. The lowest BCUT2D eigenvalue weighted by molar-refractivity contribution is -0.384. The predicted molar refractivity (Wildman–Crippen MR) is 210 cm³/mol. The Balaban J connectivity index is 1.23. The van der Waals surface area contributed by atoms with Crippen molar-refractivity contribution in [2.75, 3.05) is 10.6 Å². The zero-order chi connectivity index (χ0) is 37.2. The molecule has 0 fully saturated rings. The largest absolute Gasteiger partial charge is 0.325 e. The molecule has 6 aromatic rings. The number of thioether (sulfide) groups is 1. The van der Waals surface area contributed by atoms with E-state index < -0.39 is 22.0 Å². The first-order chi connectivity index (χ1) is 25.7. The van der Waals surface area contributed by atoms with E-state index in [1.54, 1.807) is 55.5 Å². The Morgan fingerprint density at radius 3 is 2.00 bits per heavy atom. The van der Waals surface area contributed by atoms with Crippen molar-refractivity contribution < 1.29 is 19.3 Å². The SMILES string of the molecule is Cc1cc([N+](=O)[O-])ccc1NC(=O)C(Sc1cccc(NC(=O)/C(=C\c2ccc(-c3ccccc3)cc2)NC(=O)c2ccccc2)c1)c1ccccc1. The van der Waals surface area contributed by atoms with Crippen LogP contribution in [0.4, 0.5) is 17.1 Å². The van der Waals surface area contributed by atoms with Crippen LogP contribution in [-0.4, -0.2) is 22.6 Å². The van der Waals surface area contributed by atoms with Crippen LogP contribution in [0.15, 0.2) is 168 Å². The van der Waals surface area contributed by atoms with Crippen molar-refractivity contribution >= 4 is 52.6 Å². The quantitative estimate of drug-likeness (QED) is 0.0500. The van der Waals surface area contributed by atoms with Crippen LogP contribution in [0.3, 0.4) is 0 Å². The molecule has 0 aliphatic rings. The Labute approximate surface area is 310 Å². The van der Waals surface area contributed by atoms with Crippen molar-refractivity contribution in [2.24, 2.45) is 0 Å². The maximum atomic E-state index is 13.8. The second-order valence-electron chi connectivity index (χ2n) is 12.0. The summed E-state index contributed by atoms with van der Waals surface area (Å²) in [4.78, 5) is 52.2. The highest BCUT2D eigenvalue weighted by Crippen LogP contribution is 2.37. The number of rotatable bonds is 12. The van der Waals surface area contributed by atoms with Gasteiger partial charge in [-0.15, -0.1) is 11.8 Å². The number of benzene rings is 6. The lowest BCUT2D eigenvalue weighted by Gasteiger charge is -2.18. The number of anilines is 2. The van der Waals surface area contributed by atoms with Gasteiger partial charge in [-0.1, -0.05) is 109 Å². The summed E-state index contributed by atoms with van der Waals surface area (Å²) >= 11 is 1.29. The lowest BCUT2D eigenvalue weighted by Crippen LogP contribution is -2.30. The van der Waals surface area contributed by atoms with Crippen LogP contribution in [0.25, 0.3) is 17.2 Å². The zero-order valence-corrected chi connectivity index (χ0v) is 29.4. The van der Waals surface area contributed by atoms with Gasteiger partial charge in [0.2, 0.25) is 5.91 Å². The number of nitro benzene ring substituents is 1. The van der Waals surface area contributed by atoms with Gasteiger partial charge in [-0.2, -0.15) is 0 Å². The van der Waals surface area contributed by atoms with Gasteiger partial charge < -0.3 is 16.0 Å². The molecule has 0 saturated carbocycles. The van der Waals surface area contributed by atoms with Gasteiger partial charge in [0, 0.05) is 34.0 Å². The van der Waals surface area contributed by atoms with E-state index in [1.165, 1.54) is 30.0 Å². The molecule has 0 aliphatic heterocycles. The van der Waals surface area contributed by atoms with Gasteiger partial charge in [-0.05, 0) is 77.2 Å². The van der Waals surface area contributed by atoms with Crippen LogP contribution in [0, 0.1) is 17.0 Å². The van der Waals surface area contributed by atoms with Gasteiger partial charge in [0.15, 0.2) is 0 Å². The van der Waals surface area contributed by atoms with Gasteiger partial charge in [0.1, 0.15) is 10.9 Å². The molecule has 0 bridgehead atoms. The fourth-order valence-electron chi connectivity index (χ4n) is 5.49. The summed E-state index contributed by atoms with van der Waals surface area (Å²) in [6.45, 7) is 1.70. The first kappa shape index (κ1) is 36.0. The lowest BCUT2D eigenvalue weighted by atomic mass is 10.0. The Hall–Kier alpha value is -6.78. The number of non-ortho nitro benzene ring substituents is 1. The molecule has 0 spiro atoms. The zero-order valence-electron chi connectivity index (χ0n) is 28.6.